The summed E-state index contributed by atoms with van der Waals surface area (Å²) in [5, 5.41) is 0. The standard InChI is InChI=1S/C10H11FO3S/c1-10(6-14-7-10)15(12,13)9-4-2-8(11)3-5-9/h2-5H,6-7H2,1H3. The Morgan fingerprint density at radius 2 is 1.80 bits per heavy atom. The Balaban J connectivity index is 2.42. The van der Waals surface area contributed by atoms with Crippen LogP contribution in [0.5, 0.6) is 0 Å². The van der Waals surface area contributed by atoms with E-state index in [0.29, 0.717) is 0 Å². The van der Waals surface area contributed by atoms with Crippen molar-refractivity contribution in [3.05, 3.63) is 30.1 Å². The molecule has 1 aliphatic rings. The second kappa shape index (κ2) is 3.28. The lowest BCUT2D eigenvalue weighted by Gasteiger charge is -2.37. The summed E-state index contributed by atoms with van der Waals surface area (Å²) in [4.78, 5) is 0.148. The molecule has 0 spiro atoms. The zero-order valence-corrected chi connectivity index (χ0v) is 9.05. The smallest absolute Gasteiger partial charge is 0.188 e. The lowest BCUT2D eigenvalue weighted by molar-refractivity contribution is -0.00490. The molecule has 1 aromatic rings. The Hall–Kier alpha value is -0.940. The number of hydrogen-bond donors (Lipinski definition) is 0. The molecule has 0 atom stereocenters. The molecule has 0 saturated carbocycles. The Labute approximate surface area is 87.8 Å². The van der Waals surface area contributed by atoms with Crippen LogP contribution in [0.15, 0.2) is 29.2 Å². The molecule has 1 fully saturated rings. The summed E-state index contributed by atoms with van der Waals surface area (Å²) >= 11 is 0. The van der Waals surface area contributed by atoms with Crippen LogP contribution >= 0.6 is 0 Å². The lowest BCUT2D eigenvalue weighted by Crippen LogP contribution is -2.53. The highest BCUT2D eigenvalue weighted by Gasteiger charge is 2.46. The third kappa shape index (κ3) is 1.55. The van der Waals surface area contributed by atoms with Crippen LogP contribution in [0.2, 0.25) is 0 Å². The van der Waals surface area contributed by atoms with Crippen molar-refractivity contribution in [1.29, 1.82) is 0 Å². The van der Waals surface area contributed by atoms with Crippen molar-refractivity contribution in [2.75, 3.05) is 13.2 Å². The van der Waals surface area contributed by atoms with E-state index in [1.165, 1.54) is 12.1 Å². The van der Waals surface area contributed by atoms with Crippen LogP contribution in [0.4, 0.5) is 4.39 Å². The average molecular weight is 230 g/mol. The SMILES string of the molecule is CC1(S(=O)(=O)c2ccc(F)cc2)COC1. The summed E-state index contributed by atoms with van der Waals surface area (Å²) in [6.45, 7) is 2.04. The van der Waals surface area contributed by atoms with Gasteiger partial charge in [0.25, 0.3) is 0 Å². The maximum absolute atomic E-state index is 12.6. The Morgan fingerprint density at radius 1 is 1.27 bits per heavy atom. The van der Waals surface area contributed by atoms with E-state index in [4.69, 9.17) is 4.74 Å². The van der Waals surface area contributed by atoms with Gasteiger partial charge < -0.3 is 4.74 Å². The molecular weight excluding hydrogens is 219 g/mol. The van der Waals surface area contributed by atoms with Gasteiger partial charge in [0.05, 0.1) is 18.1 Å². The quantitative estimate of drug-likeness (QED) is 0.721. The van der Waals surface area contributed by atoms with Crippen LogP contribution in [0.1, 0.15) is 6.92 Å². The third-order valence-electron chi connectivity index (χ3n) is 2.59. The van der Waals surface area contributed by atoms with E-state index in [1.54, 1.807) is 6.92 Å². The van der Waals surface area contributed by atoms with Gasteiger partial charge in [-0.05, 0) is 31.2 Å². The fraction of sp³-hybridized carbons (Fsp3) is 0.400. The molecule has 1 aromatic carbocycles. The summed E-state index contributed by atoms with van der Waals surface area (Å²) in [5.74, 6) is -0.441. The molecule has 15 heavy (non-hydrogen) atoms. The van der Waals surface area contributed by atoms with E-state index in [9.17, 15) is 12.8 Å². The highest BCUT2D eigenvalue weighted by Crippen LogP contribution is 2.31. The van der Waals surface area contributed by atoms with Gasteiger partial charge in [-0.15, -0.1) is 0 Å². The van der Waals surface area contributed by atoms with Gasteiger partial charge in [-0.25, -0.2) is 12.8 Å². The van der Waals surface area contributed by atoms with Crippen molar-refractivity contribution in [1.82, 2.24) is 0 Å². The molecule has 82 valence electrons. The van der Waals surface area contributed by atoms with Crippen LogP contribution in [-0.2, 0) is 14.6 Å². The second-order valence-electron chi connectivity index (χ2n) is 3.90. The fourth-order valence-corrected chi connectivity index (χ4v) is 2.98. The molecule has 1 saturated heterocycles. The van der Waals surface area contributed by atoms with Gasteiger partial charge >= 0.3 is 0 Å². The van der Waals surface area contributed by atoms with Gasteiger partial charge in [0, 0.05) is 0 Å². The summed E-state index contributed by atoms with van der Waals surface area (Å²) in [5.41, 5.74) is 0. The number of rotatable bonds is 2. The molecule has 2 rings (SSSR count). The number of sulfone groups is 1. The van der Waals surface area contributed by atoms with Gasteiger partial charge in [0.15, 0.2) is 9.84 Å². The molecule has 0 aromatic heterocycles. The molecule has 0 unspecified atom stereocenters. The van der Waals surface area contributed by atoms with Crippen LogP contribution in [0.25, 0.3) is 0 Å². The molecule has 0 radical (unpaired) electrons. The minimum Gasteiger partial charge on any atom is -0.378 e. The highest BCUT2D eigenvalue weighted by molar-refractivity contribution is 7.93. The predicted octanol–water partition coefficient (Wildman–Crippen LogP) is 1.39. The van der Waals surface area contributed by atoms with Crippen LogP contribution in [0.3, 0.4) is 0 Å². The topological polar surface area (TPSA) is 43.4 Å². The number of ether oxygens (including phenoxy) is 1. The molecule has 0 amide bonds. The maximum atomic E-state index is 12.6. The first-order valence-electron chi connectivity index (χ1n) is 4.54. The molecule has 5 heteroatoms. The summed E-state index contributed by atoms with van der Waals surface area (Å²) in [6, 6.07) is 4.87. The van der Waals surface area contributed by atoms with Gasteiger partial charge in [-0.2, -0.15) is 0 Å². The molecular formula is C10H11FO3S. The van der Waals surface area contributed by atoms with Crippen LogP contribution in [0, 0.1) is 5.82 Å². The molecule has 0 aliphatic carbocycles. The summed E-state index contributed by atoms with van der Waals surface area (Å²) in [6.07, 6.45) is 0. The number of hydrogen-bond acceptors (Lipinski definition) is 3. The van der Waals surface area contributed by atoms with E-state index in [-0.39, 0.29) is 18.1 Å². The minimum absolute atomic E-state index is 0.148. The van der Waals surface area contributed by atoms with Crippen molar-refractivity contribution < 1.29 is 17.5 Å². The normalized spacial score (nSPS) is 19.6. The van der Waals surface area contributed by atoms with Crippen molar-refractivity contribution >= 4 is 9.84 Å². The zero-order valence-electron chi connectivity index (χ0n) is 8.23. The van der Waals surface area contributed by atoms with Gasteiger partial charge in [-0.3, -0.25) is 0 Å². The largest absolute Gasteiger partial charge is 0.378 e. The maximum Gasteiger partial charge on any atom is 0.188 e. The Bertz CT molecular complexity index is 460. The first kappa shape index (κ1) is 10.6. The predicted molar refractivity (Wildman–Crippen MR) is 52.8 cm³/mol. The zero-order chi connectivity index (χ0) is 11.1. The molecule has 3 nitrogen and oxygen atoms in total. The van der Waals surface area contributed by atoms with Gasteiger partial charge in [-0.1, -0.05) is 0 Å². The Kier molecular flexibility index (Phi) is 2.31. The van der Waals surface area contributed by atoms with Crippen LogP contribution in [-0.4, -0.2) is 26.4 Å². The van der Waals surface area contributed by atoms with Crippen molar-refractivity contribution in [3.8, 4) is 0 Å². The summed E-state index contributed by atoms with van der Waals surface area (Å²) in [7, 11) is -3.41. The van der Waals surface area contributed by atoms with Gasteiger partial charge in [0.2, 0.25) is 0 Å². The van der Waals surface area contributed by atoms with Gasteiger partial charge in [0.1, 0.15) is 10.6 Å². The van der Waals surface area contributed by atoms with Crippen molar-refractivity contribution in [3.63, 3.8) is 0 Å². The first-order chi connectivity index (χ1) is 6.96. The van der Waals surface area contributed by atoms with E-state index >= 15 is 0 Å². The second-order valence-corrected chi connectivity index (χ2v) is 6.36. The fourth-order valence-electron chi connectivity index (χ4n) is 1.44. The molecule has 0 bridgehead atoms. The third-order valence-corrected chi connectivity index (χ3v) is 5.01. The molecule has 0 N–H and O–H groups in total. The van der Waals surface area contributed by atoms with Crippen molar-refractivity contribution in [2.24, 2.45) is 0 Å². The molecule has 1 aliphatic heterocycles. The lowest BCUT2D eigenvalue weighted by atomic mass is 10.1. The monoisotopic (exact) mass is 230 g/mol. The number of halogens is 1. The summed E-state index contributed by atoms with van der Waals surface area (Å²) < 4.78 is 40.8. The number of benzene rings is 1. The van der Waals surface area contributed by atoms with E-state index in [2.05, 4.69) is 0 Å². The molecule has 1 heterocycles. The van der Waals surface area contributed by atoms with Crippen molar-refractivity contribution in [2.45, 2.75) is 16.6 Å². The minimum atomic E-state index is -3.41. The van der Waals surface area contributed by atoms with Crippen LogP contribution < -0.4 is 0 Å². The Morgan fingerprint density at radius 3 is 2.20 bits per heavy atom. The van der Waals surface area contributed by atoms with E-state index < -0.39 is 20.4 Å². The highest BCUT2D eigenvalue weighted by atomic mass is 32.2. The average Bonchev–Trinajstić information content (AvgIpc) is 2.14. The van der Waals surface area contributed by atoms with E-state index in [0.717, 1.165) is 12.1 Å². The first-order valence-corrected chi connectivity index (χ1v) is 6.02. The van der Waals surface area contributed by atoms with E-state index in [1.807, 2.05) is 0 Å².